The number of carbonyl (C=O) groups excluding carboxylic acids is 2. The number of carbonyl (C=O) groups is 2. The average molecular weight is 429 g/mol. The fraction of sp³-hybridized carbons (Fsp3) is 0.417. The van der Waals surface area contributed by atoms with E-state index in [1.807, 2.05) is 0 Å². The fourth-order valence-corrected chi connectivity index (χ4v) is 4.09. The van der Waals surface area contributed by atoms with Gasteiger partial charge in [0.1, 0.15) is 17.3 Å². The molecule has 0 saturated carbocycles. The van der Waals surface area contributed by atoms with Gasteiger partial charge in [-0.05, 0) is 49.9 Å². The van der Waals surface area contributed by atoms with Crippen molar-refractivity contribution in [1.82, 2.24) is 4.90 Å². The summed E-state index contributed by atoms with van der Waals surface area (Å²) in [5.41, 5.74) is -0.163. The summed E-state index contributed by atoms with van der Waals surface area (Å²) in [5.74, 6) is -0.00400. The minimum absolute atomic E-state index is 0.151. The molecular weight excluding hydrogens is 401 g/mol. The molecule has 2 aromatic rings. The van der Waals surface area contributed by atoms with Crippen molar-refractivity contribution in [2.24, 2.45) is 5.41 Å². The summed E-state index contributed by atoms with van der Waals surface area (Å²) < 4.78 is 30.3. The molecule has 0 aliphatic carbocycles. The van der Waals surface area contributed by atoms with Crippen molar-refractivity contribution in [3.63, 3.8) is 0 Å². The Balaban J connectivity index is 1.92. The molecule has 1 amide bonds. The van der Waals surface area contributed by atoms with Crippen LogP contribution in [-0.2, 0) is 16.0 Å². The van der Waals surface area contributed by atoms with Crippen LogP contribution in [0, 0.1) is 11.2 Å². The van der Waals surface area contributed by atoms with Crippen molar-refractivity contribution >= 4 is 11.9 Å². The van der Waals surface area contributed by atoms with Gasteiger partial charge in [0.25, 0.3) is 5.91 Å². The second-order valence-electron chi connectivity index (χ2n) is 7.70. The first kappa shape index (κ1) is 22.6. The quantitative estimate of drug-likeness (QED) is 0.625. The van der Waals surface area contributed by atoms with Crippen LogP contribution in [0.25, 0.3) is 0 Å². The van der Waals surface area contributed by atoms with Crippen LogP contribution in [0.1, 0.15) is 35.7 Å². The molecule has 7 heteroatoms. The highest BCUT2D eigenvalue weighted by Gasteiger charge is 2.45. The number of hydrogen-bond acceptors (Lipinski definition) is 5. The smallest absolute Gasteiger partial charge is 0.314 e. The molecule has 0 aromatic heterocycles. The summed E-state index contributed by atoms with van der Waals surface area (Å²) in [5, 5.41) is 0. The second-order valence-corrected chi connectivity index (χ2v) is 7.70. The van der Waals surface area contributed by atoms with E-state index >= 15 is 0 Å². The molecule has 1 saturated heterocycles. The lowest BCUT2D eigenvalue weighted by atomic mass is 9.74. The van der Waals surface area contributed by atoms with E-state index < -0.39 is 11.4 Å². The second kappa shape index (κ2) is 9.81. The van der Waals surface area contributed by atoms with E-state index in [1.54, 1.807) is 48.2 Å². The van der Waals surface area contributed by atoms with Crippen LogP contribution in [0.4, 0.5) is 4.39 Å². The van der Waals surface area contributed by atoms with Gasteiger partial charge in [-0.15, -0.1) is 0 Å². The largest absolute Gasteiger partial charge is 0.497 e. The predicted octanol–water partition coefficient (Wildman–Crippen LogP) is 3.87. The number of hydrogen-bond donors (Lipinski definition) is 0. The monoisotopic (exact) mass is 429 g/mol. The topological polar surface area (TPSA) is 65.1 Å². The minimum Gasteiger partial charge on any atom is -0.497 e. The lowest BCUT2D eigenvalue weighted by Crippen LogP contribution is -2.51. The van der Waals surface area contributed by atoms with E-state index in [4.69, 9.17) is 14.2 Å². The molecule has 0 N–H and O–H groups in total. The zero-order valence-corrected chi connectivity index (χ0v) is 18.2. The van der Waals surface area contributed by atoms with Gasteiger partial charge < -0.3 is 19.1 Å². The van der Waals surface area contributed by atoms with E-state index in [9.17, 15) is 14.0 Å². The zero-order valence-electron chi connectivity index (χ0n) is 18.2. The molecule has 0 radical (unpaired) electrons. The molecule has 31 heavy (non-hydrogen) atoms. The highest BCUT2D eigenvalue weighted by Crippen LogP contribution is 2.37. The molecule has 0 bridgehead atoms. The number of benzene rings is 2. The molecule has 3 rings (SSSR count). The standard InChI is InChI=1S/C24H28FNO5/c1-4-31-23(28)24(15-17-8-5-6-9-21(17)25)10-7-11-26(16-24)22(27)18-12-19(29-2)14-20(13-18)30-3/h5-6,8-9,12-14H,4,7,10-11,15-16H2,1-3H3/t24-/m1/s1. The highest BCUT2D eigenvalue weighted by atomic mass is 19.1. The number of likely N-dealkylation sites (tertiary alicyclic amines) is 1. The molecule has 0 spiro atoms. The molecule has 0 unspecified atom stereocenters. The summed E-state index contributed by atoms with van der Waals surface area (Å²) in [7, 11) is 3.04. The number of ether oxygens (including phenoxy) is 3. The Hall–Kier alpha value is -3.09. The molecule has 1 aliphatic rings. The number of amides is 1. The number of nitrogens with zero attached hydrogens (tertiary/aromatic N) is 1. The summed E-state index contributed by atoms with van der Waals surface area (Å²) >= 11 is 0. The Bertz CT molecular complexity index is 925. The van der Waals surface area contributed by atoms with Crippen molar-refractivity contribution < 1.29 is 28.2 Å². The summed E-state index contributed by atoms with van der Waals surface area (Å²) in [6.07, 6.45) is 1.30. The van der Waals surface area contributed by atoms with Gasteiger partial charge in [-0.2, -0.15) is 0 Å². The molecule has 1 fully saturated rings. The normalized spacial score (nSPS) is 18.4. The average Bonchev–Trinajstić information content (AvgIpc) is 2.80. The number of halogens is 1. The van der Waals surface area contributed by atoms with Gasteiger partial charge in [0, 0.05) is 24.7 Å². The van der Waals surface area contributed by atoms with Gasteiger partial charge in [-0.3, -0.25) is 9.59 Å². The van der Waals surface area contributed by atoms with Gasteiger partial charge in [-0.25, -0.2) is 4.39 Å². The van der Waals surface area contributed by atoms with Crippen molar-refractivity contribution in [3.8, 4) is 11.5 Å². The van der Waals surface area contributed by atoms with E-state index in [0.717, 1.165) is 0 Å². The third-order valence-electron chi connectivity index (χ3n) is 5.66. The van der Waals surface area contributed by atoms with Gasteiger partial charge >= 0.3 is 5.97 Å². The Kier molecular flexibility index (Phi) is 7.15. The van der Waals surface area contributed by atoms with Gasteiger partial charge in [0.2, 0.25) is 0 Å². The van der Waals surface area contributed by atoms with Crippen LogP contribution in [0.15, 0.2) is 42.5 Å². The maximum absolute atomic E-state index is 14.4. The molecule has 1 aliphatic heterocycles. The van der Waals surface area contributed by atoms with Crippen molar-refractivity contribution in [3.05, 3.63) is 59.4 Å². The van der Waals surface area contributed by atoms with Gasteiger partial charge in [0.05, 0.1) is 26.2 Å². The lowest BCUT2D eigenvalue weighted by Gasteiger charge is -2.41. The van der Waals surface area contributed by atoms with E-state index in [-0.39, 0.29) is 31.3 Å². The summed E-state index contributed by atoms with van der Waals surface area (Å²) in [6, 6.07) is 11.4. The molecule has 1 atom stereocenters. The maximum atomic E-state index is 14.4. The van der Waals surface area contributed by atoms with E-state index in [2.05, 4.69) is 0 Å². The van der Waals surface area contributed by atoms with Crippen LogP contribution < -0.4 is 9.47 Å². The number of piperidine rings is 1. The molecule has 2 aromatic carbocycles. The van der Waals surface area contributed by atoms with Crippen LogP contribution in [0.2, 0.25) is 0 Å². The fourth-order valence-electron chi connectivity index (χ4n) is 4.09. The lowest BCUT2D eigenvalue weighted by molar-refractivity contribution is -0.158. The zero-order chi connectivity index (χ0) is 22.4. The van der Waals surface area contributed by atoms with Crippen molar-refractivity contribution in [2.45, 2.75) is 26.2 Å². The first-order chi connectivity index (χ1) is 14.9. The number of esters is 1. The van der Waals surface area contributed by atoms with Crippen LogP contribution in [0.3, 0.4) is 0 Å². The number of rotatable bonds is 7. The van der Waals surface area contributed by atoms with Crippen LogP contribution in [0.5, 0.6) is 11.5 Å². The van der Waals surface area contributed by atoms with Crippen molar-refractivity contribution in [1.29, 1.82) is 0 Å². The highest BCUT2D eigenvalue weighted by molar-refractivity contribution is 5.95. The van der Waals surface area contributed by atoms with Gasteiger partial charge in [0.15, 0.2) is 0 Å². The van der Waals surface area contributed by atoms with E-state index in [1.165, 1.54) is 20.3 Å². The first-order valence-corrected chi connectivity index (χ1v) is 10.4. The molecular formula is C24H28FNO5. The van der Waals surface area contributed by atoms with Crippen molar-refractivity contribution in [2.75, 3.05) is 33.9 Å². The minimum atomic E-state index is -1.00. The third kappa shape index (κ3) is 4.98. The predicted molar refractivity (Wildman–Crippen MR) is 114 cm³/mol. The third-order valence-corrected chi connectivity index (χ3v) is 5.66. The van der Waals surface area contributed by atoms with Gasteiger partial charge in [-0.1, -0.05) is 18.2 Å². The molecule has 6 nitrogen and oxygen atoms in total. The summed E-state index contributed by atoms with van der Waals surface area (Å²) in [4.78, 5) is 28.0. The Morgan fingerprint density at radius 3 is 2.39 bits per heavy atom. The molecule has 1 heterocycles. The van der Waals surface area contributed by atoms with E-state index in [0.29, 0.717) is 42.0 Å². The Morgan fingerprint density at radius 2 is 1.77 bits per heavy atom. The SMILES string of the molecule is CCOC(=O)[C@@]1(Cc2ccccc2F)CCCN(C(=O)c2cc(OC)cc(OC)c2)C1. The number of methoxy groups -OCH3 is 2. The summed E-state index contributed by atoms with van der Waals surface area (Å²) in [6.45, 7) is 2.61. The Morgan fingerprint density at radius 1 is 1.10 bits per heavy atom. The Labute approximate surface area is 181 Å². The van der Waals surface area contributed by atoms with Crippen LogP contribution >= 0.6 is 0 Å². The maximum Gasteiger partial charge on any atom is 0.314 e. The van der Waals surface area contributed by atoms with Crippen LogP contribution in [-0.4, -0.2) is 50.7 Å². The molecule has 166 valence electrons. The first-order valence-electron chi connectivity index (χ1n) is 10.4.